The number of nitrogens with one attached hydrogen (secondary N) is 1. The van der Waals surface area contributed by atoms with Crippen molar-refractivity contribution < 1.29 is 27.9 Å². The topological polar surface area (TPSA) is 84.2 Å². The quantitative estimate of drug-likeness (QED) is 0.851. The number of hydrogen-bond acceptors (Lipinski definition) is 3. The normalized spacial score (nSPS) is 20.3. The second-order valence-electron chi connectivity index (χ2n) is 6.55. The molecule has 0 unspecified atom stereocenters. The number of carboxylic acids is 1. The van der Waals surface area contributed by atoms with E-state index in [1.54, 1.807) is 0 Å². The zero-order valence-corrected chi connectivity index (χ0v) is 14.2. The van der Waals surface area contributed by atoms with Crippen molar-refractivity contribution in [1.29, 1.82) is 0 Å². The molecule has 9 heteroatoms. The number of rotatable bonds is 4. The molecule has 1 aliphatic rings. The van der Waals surface area contributed by atoms with Gasteiger partial charge >= 0.3 is 12.1 Å². The standard InChI is InChI=1S/C18H18F3N3O3/c19-18(20,21)12-2-1-3-14(10-12)24-9-8-15(23-24)16(25)22-13-6-4-11(5-7-13)17(26)27/h1-3,8-11,13H,4-7H2,(H,22,25)(H,26,27). The van der Waals surface area contributed by atoms with Crippen LogP contribution in [0.4, 0.5) is 13.2 Å². The van der Waals surface area contributed by atoms with Crippen LogP contribution in [0, 0.1) is 5.92 Å². The fourth-order valence-corrected chi connectivity index (χ4v) is 3.16. The number of nitrogens with zero attached hydrogens (tertiary/aromatic N) is 2. The fourth-order valence-electron chi connectivity index (χ4n) is 3.16. The van der Waals surface area contributed by atoms with Gasteiger partial charge in [0.05, 0.1) is 17.2 Å². The second kappa shape index (κ2) is 7.42. The van der Waals surface area contributed by atoms with Crippen molar-refractivity contribution in [3.63, 3.8) is 0 Å². The molecular weight excluding hydrogens is 363 g/mol. The number of halogens is 3. The van der Waals surface area contributed by atoms with E-state index in [1.807, 2.05) is 0 Å². The molecule has 2 aromatic rings. The predicted molar refractivity (Wildman–Crippen MR) is 89.4 cm³/mol. The Labute approximate surface area is 153 Å². The summed E-state index contributed by atoms with van der Waals surface area (Å²) in [6.07, 6.45) is -0.907. The SMILES string of the molecule is O=C(NC1CCC(C(=O)O)CC1)c1ccn(-c2cccc(C(F)(F)F)c2)n1. The van der Waals surface area contributed by atoms with Gasteiger partial charge in [0.15, 0.2) is 5.69 Å². The number of carbonyl (C=O) groups excluding carboxylic acids is 1. The van der Waals surface area contributed by atoms with Gasteiger partial charge in [0.25, 0.3) is 5.91 Å². The third-order valence-corrected chi connectivity index (χ3v) is 4.67. The van der Waals surface area contributed by atoms with Gasteiger partial charge in [-0.2, -0.15) is 18.3 Å². The lowest BCUT2D eigenvalue weighted by Crippen LogP contribution is -2.38. The van der Waals surface area contributed by atoms with Crippen LogP contribution in [0.5, 0.6) is 0 Å². The van der Waals surface area contributed by atoms with Gasteiger partial charge in [0.1, 0.15) is 0 Å². The maximum Gasteiger partial charge on any atom is 0.416 e. The van der Waals surface area contributed by atoms with Gasteiger partial charge in [0.2, 0.25) is 0 Å². The first-order valence-electron chi connectivity index (χ1n) is 8.51. The number of aromatic nitrogens is 2. The molecule has 144 valence electrons. The Balaban J connectivity index is 1.66. The summed E-state index contributed by atoms with van der Waals surface area (Å²) in [4.78, 5) is 23.3. The molecule has 6 nitrogen and oxygen atoms in total. The molecule has 0 spiro atoms. The molecule has 3 rings (SSSR count). The summed E-state index contributed by atoms with van der Waals surface area (Å²) in [5.41, 5.74) is -0.504. The first-order chi connectivity index (χ1) is 12.7. The van der Waals surface area contributed by atoms with Crippen molar-refractivity contribution >= 4 is 11.9 Å². The Kier molecular flexibility index (Phi) is 5.20. The summed E-state index contributed by atoms with van der Waals surface area (Å²) in [6, 6.07) is 5.97. The van der Waals surface area contributed by atoms with E-state index in [-0.39, 0.29) is 23.3 Å². The number of aliphatic carboxylic acids is 1. The Morgan fingerprint density at radius 3 is 2.48 bits per heavy atom. The molecule has 1 saturated carbocycles. The lowest BCUT2D eigenvalue weighted by atomic mass is 9.86. The number of benzene rings is 1. The highest BCUT2D eigenvalue weighted by atomic mass is 19.4. The van der Waals surface area contributed by atoms with Crippen LogP contribution >= 0.6 is 0 Å². The first kappa shape index (κ1) is 18.9. The predicted octanol–water partition coefficient (Wildman–Crippen LogP) is 3.26. The van der Waals surface area contributed by atoms with Crippen molar-refractivity contribution in [2.75, 3.05) is 0 Å². The van der Waals surface area contributed by atoms with Gasteiger partial charge in [-0.1, -0.05) is 6.07 Å². The third-order valence-electron chi connectivity index (χ3n) is 4.67. The van der Waals surface area contributed by atoms with E-state index in [1.165, 1.54) is 29.1 Å². The van der Waals surface area contributed by atoms with Gasteiger partial charge in [-0.15, -0.1) is 0 Å². The van der Waals surface area contributed by atoms with Crippen molar-refractivity contribution in [2.45, 2.75) is 37.9 Å². The summed E-state index contributed by atoms with van der Waals surface area (Å²) in [5, 5.41) is 15.9. The zero-order valence-electron chi connectivity index (χ0n) is 14.2. The van der Waals surface area contributed by atoms with E-state index >= 15 is 0 Å². The molecule has 1 fully saturated rings. The van der Waals surface area contributed by atoms with Gasteiger partial charge in [-0.3, -0.25) is 9.59 Å². The van der Waals surface area contributed by atoms with Crippen LogP contribution in [0.2, 0.25) is 0 Å². The first-order valence-corrected chi connectivity index (χ1v) is 8.51. The highest BCUT2D eigenvalue weighted by molar-refractivity contribution is 5.92. The Hall–Kier alpha value is -2.84. The monoisotopic (exact) mass is 381 g/mol. The molecule has 1 amide bonds. The maximum absolute atomic E-state index is 12.8. The number of carbonyl (C=O) groups is 2. The molecule has 2 N–H and O–H groups in total. The van der Waals surface area contributed by atoms with E-state index in [4.69, 9.17) is 5.11 Å². The summed E-state index contributed by atoms with van der Waals surface area (Å²) in [7, 11) is 0. The van der Waals surface area contributed by atoms with E-state index in [9.17, 15) is 22.8 Å². The molecule has 0 atom stereocenters. The van der Waals surface area contributed by atoms with Gasteiger partial charge < -0.3 is 10.4 Å². The minimum atomic E-state index is -4.46. The van der Waals surface area contributed by atoms with Gasteiger partial charge in [-0.25, -0.2) is 4.68 Å². The lowest BCUT2D eigenvalue weighted by molar-refractivity contribution is -0.143. The molecule has 1 heterocycles. The van der Waals surface area contributed by atoms with Crippen LogP contribution in [0.25, 0.3) is 5.69 Å². The number of hydrogen-bond donors (Lipinski definition) is 2. The van der Waals surface area contributed by atoms with E-state index < -0.39 is 23.6 Å². The van der Waals surface area contributed by atoms with Crippen LogP contribution < -0.4 is 5.32 Å². The lowest BCUT2D eigenvalue weighted by Gasteiger charge is -2.26. The number of amides is 1. The summed E-state index contributed by atoms with van der Waals surface area (Å²) in [5.74, 6) is -1.63. The van der Waals surface area contributed by atoms with Crippen LogP contribution in [0.3, 0.4) is 0 Å². The van der Waals surface area contributed by atoms with Crippen LogP contribution in [-0.4, -0.2) is 32.8 Å². The Morgan fingerprint density at radius 1 is 1.15 bits per heavy atom. The fraction of sp³-hybridized carbons (Fsp3) is 0.389. The number of carboxylic acid groups (broad SMARTS) is 1. The van der Waals surface area contributed by atoms with E-state index in [2.05, 4.69) is 10.4 Å². The number of alkyl halides is 3. The van der Waals surface area contributed by atoms with E-state index in [0.717, 1.165) is 12.1 Å². The minimum Gasteiger partial charge on any atom is -0.481 e. The molecule has 0 radical (unpaired) electrons. The second-order valence-corrected chi connectivity index (χ2v) is 6.55. The third kappa shape index (κ3) is 4.47. The zero-order chi connectivity index (χ0) is 19.6. The average Bonchev–Trinajstić information content (AvgIpc) is 3.12. The summed E-state index contributed by atoms with van der Waals surface area (Å²) < 4.78 is 39.7. The Bertz CT molecular complexity index is 840. The molecule has 27 heavy (non-hydrogen) atoms. The molecule has 0 aliphatic heterocycles. The van der Waals surface area contributed by atoms with E-state index in [0.29, 0.717) is 25.7 Å². The summed E-state index contributed by atoms with van der Waals surface area (Å²) >= 11 is 0. The van der Waals surface area contributed by atoms with Crippen LogP contribution in [0.1, 0.15) is 41.7 Å². The highest BCUT2D eigenvalue weighted by Gasteiger charge is 2.31. The minimum absolute atomic E-state index is 0.0905. The van der Waals surface area contributed by atoms with Crippen LogP contribution in [0.15, 0.2) is 36.5 Å². The van der Waals surface area contributed by atoms with Crippen molar-refractivity contribution in [3.8, 4) is 5.69 Å². The molecule has 0 saturated heterocycles. The Morgan fingerprint density at radius 2 is 1.85 bits per heavy atom. The van der Waals surface area contributed by atoms with Gasteiger partial charge in [-0.05, 0) is 49.9 Å². The smallest absolute Gasteiger partial charge is 0.416 e. The molecule has 1 aromatic heterocycles. The van der Waals surface area contributed by atoms with Crippen LogP contribution in [-0.2, 0) is 11.0 Å². The summed E-state index contributed by atoms with van der Waals surface area (Å²) in [6.45, 7) is 0. The molecule has 1 aromatic carbocycles. The van der Waals surface area contributed by atoms with Crippen molar-refractivity contribution in [3.05, 3.63) is 47.8 Å². The largest absolute Gasteiger partial charge is 0.481 e. The average molecular weight is 381 g/mol. The molecular formula is C18H18F3N3O3. The highest BCUT2D eigenvalue weighted by Crippen LogP contribution is 2.30. The molecule has 0 bridgehead atoms. The maximum atomic E-state index is 12.8. The van der Waals surface area contributed by atoms with Crippen molar-refractivity contribution in [2.24, 2.45) is 5.92 Å². The van der Waals surface area contributed by atoms with Gasteiger partial charge in [0, 0.05) is 12.2 Å². The van der Waals surface area contributed by atoms with Crippen molar-refractivity contribution in [1.82, 2.24) is 15.1 Å². The molecule has 1 aliphatic carbocycles.